The lowest BCUT2D eigenvalue weighted by molar-refractivity contribution is 0.101. The number of hydrogen-bond acceptors (Lipinski definition) is 5. The zero-order chi connectivity index (χ0) is 21.8. The summed E-state index contributed by atoms with van der Waals surface area (Å²) in [5, 5.41) is 7.81. The van der Waals surface area contributed by atoms with E-state index >= 15 is 0 Å². The van der Waals surface area contributed by atoms with E-state index in [0.717, 1.165) is 5.56 Å². The van der Waals surface area contributed by atoms with Gasteiger partial charge in [0.05, 0.1) is 25.6 Å². The van der Waals surface area contributed by atoms with Crippen LogP contribution in [0.4, 0.5) is 5.69 Å². The fraction of sp³-hybridized carbons (Fsp3) is 0.0870. The summed E-state index contributed by atoms with van der Waals surface area (Å²) in [6.07, 6.45) is 0. The molecule has 0 atom stereocenters. The molecule has 1 amide bonds. The number of aromatic nitrogens is 3. The largest absolute Gasteiger partial charge is 0.497 e. The van der Waals surface area contributed by atoms with Crippen molar-refractivity contribution in [2.45, 2.75) is 0 Å². The van der Waals surface area contributed by atoms with Gasteiger partial charge < -0.3 is 14.8 Å². The minimum Gasteiger partial charge on any atom is -0.497 e. The molecule has 4 rings (SSSR count). The van der Waals surface area contributed by atoms with Crippen LogP contribution in [0.2, 0.25) is 5.02 Å². The van der Waals surface area contributed by atoms with Crippen LogP contribution in [-0.2, 0) is 0 Å². The monoisotopic (exact) mass is 434 g/mol. The Balaban J connectivity index is 1.76. The normalized spacial score (nSPS) is 10.5. The van der Waals surface area contributed by atoms with Crippen molar-refractivity contribution in [1.82, 2.24) is 14.8 Å². The van der Waals surface area contributed by atoms with Gasteiger partial charge in [-0.1, -0.05) is 29.8 Å². The van der Waals surface area contributed by atoms with E-state index in [-0.39, 0.29) is 5.82 Å². The number of hydrogen-bond donors (Lipinski definition) is 1. The van der Waals surface area contributed by atoms with Gasteiger partial charge in [0.2, 0.25) is 5.82 Å². The molecule has 31 heavy (non-hydrogen) atoms. The van der Waals surface area contributed by atoms with Crippen molar-refractivity contribution in [3.8, 4) is 28.6 Å². The second-order valence-corrected chi connectivity index (χ2v) is 6.97. The van der Waals surface area contributed by atoms with Gasteiger partial charge in [-0.05, 0) is 54.6 Å². The molecular formula is C23H19ClN4O3. The number of benzene rings is 3. The molecular weight excluding hydrogens is 416 g/mol. The van der Waals surface area contributed by atoms with Crippen molar-refractivity contribution in [2.24, 2.45) is 0 Å². The molecule has 4 aromatic rings. The molecule has 0 aliphatic rings. The molecule has 0 saturated heterocycles. The van der Waals surface area contributed by atoms with Crippen LogP contribution in [-0.4, -0.2) is 34.9 Å². The number of carbonyl (C=O) groups excluding carboxylic acids is 1. The second-order valence-electron chi connectivity index (χ2n) is 6.53. The zero-order valence-corrected chi connectivity index (χ0v) is 17.6. The Labute approximate surface area is 184 Å². The second kappa shape index (κ2) is 8.89. The highest BCUT2D eigenvalue weighted by Crippen LogP contribution is 2.26. The lowest BCUT2D eigenvalue weighted by Crippen LogP contribution is -2.15. The summed E-state index contributed by atoms with van der Waals surface area (Å²) in [6.45, 7) is 0. The summed E-state index contributed by atoms with van der Waals surface area (Å²) in [5.41, 5.74) is 1.98. The smallest absolute Gasteiger partial charge is 0.295 e. The number of halogens is 1. The lowest BCUT2D eigenvalue weighted by Gasteiger charge is -2.08. The van der Waals surface area contributed by atoms with E-state index < -0.39 is 5.91 Å². The topological polar surface area (TPSA) is 78.3 Å². The fourth-order valence-electron chi connectivity index (χ4n) is 3.05. The maximum atomic E-state index is 12.9. The maximum absolute atomic E-state index is 12.9. The van der Waals surface area contributed by atoms with Crippen LogP contribution in [0, 0.1) is 0 Å². The highest BCUT2D eigenvalue weighted by Gasteiger charge is 2.20. The van der Waals surface area contributed by atoms with E-state index in [1.165, 1.54) is 0 Å². The van der Waals surface area contributed by atoms with E-state index in [4.69, 9.17) is 21.1 Å². The van der Waals surface area contributed by atoms with Crippen molar-refractivity contribution < 1.29 is 14.3 Å². The van der Waals surface area contributed by atoms with E-state index in [0.29, 0.717) is 33.7 Å². The van der Waals surface area contributed by atoms with Crippen molar-refractivity contribution in [3.63, 3.8) is 0 Å². The third-order valence-corrected chi connectivity index (χ3v) is 4.80. The van der Waals surface area contributed by atoms with Crippen molar-refractivity contribution in [2.75, 3.05) is 19.5 Å². The van der Waals surface area contributed by atoms with Crippen molar-refractivity contribution in [1.29, 1.82) is 0 Å². The van der Waals surface area contributed by atoms with Crippen molar-refractivity contribution >= 4 is 23.2 Å². The number of methoxy groups -OCH3 is 2. The van der Waals surface area contributed by atoms with E-state index in [1.807, 2.05) is 42.5 Å². The third kappa shape index (κ3) is 4.36. The summed E-state index contributed by atoms with van der Waals surface area (Å²) >= 11 is 6.17. The van der Waals surface area contributed by atoms with Gasteiger partial charge >= 0.3 is 0 Å². The summed E-state index contributed by atoms with van der Waals surface area (Å²) in [7, 11) is 3.14. The van der Waals surface area contributed by atoms with Gasteiger partial charge in [-0.2, -0.15) is 0 Å². The molecule has 0 bridgehead atoms. The molecule has 1 heterocycles. The first-order chi connectivity index (χ1) is 15.1. The summed E-state index contributed by atoms with van der Waals surface area (Å²) in [4.78, 5) is 17.4. The molecule has 1 N–H and O–H groups in total. The zero-order valence-electron chi connectivity index (χ0n) is 16.9. The highest BCUT2D eigenvalue weighted by atomic mass is 35.5. The quantitative estimate of drug-likeness (QED) is 0.469. The van der Waals surface area contributed by atoms with Crippen LogP contribution in [0.3, 0.4) is 0 Å². The van der Waals surface area contributed by atoms with Gasteiger partial charge in [0.25, 0.3) is 5.91 Å². The molecule has 0 aliphatic carbocycles. The number of nitrogens with zero attached hydrogens (tertiary/aromatic N) is 3. The van der Waals surface area contributed by atoms with Crippen LogP contribution in [0.15, 0.2) is 72.8 Å². The number of amides is 1. The molecule has 156 valence electrons. The van der Waals surface area contributed by atoms with Crippen molar-refractivity contribution in [3.05, 3.63) is 83.6 Å². The number of rotatable bonds is 6. The molecule has 0 unspecified atom stereocenters. The van der Waals surface area contributed by atoms with E-state index in [9.17, 15) is 4.79 Å². The SMILES string of the molecule is COc1ccc(-c2nc(C(=O)Nc3ccccc3OC)nn2-c2cccc(Cl)c2)cc1. The molecule has 7 nitrogen and oxygen atoms in total. The van der Waals surface area contributed by atoms with Gasteiger partial charge in [0, 0.05) is 10.6 Å². The number of carbonyl (C=O) groups is 1. The van der Waals surface area contributed by atoms with Crippen LogP contribution in [0.5, 0.6) is 11.5 Å². The number of nitrogens with one attached hydrogen (secondary N) is 1. The Bertz CT molecular complexity index is 1220. The molecule has 3 aromatic carbocycles. The van der Waals surface area contributed by atoms with Crippen LogP contribution in [0.25, 0.3) is 17.1 Å². The molecule has 0 aliphatic heterocycles. The fourth-order valence-corrected chi connectivity index (χ4v) is 3.23. The highest BCUT2D eigenvalue weighted by molar-refractivity contribution is 6.30. The van der Waals surface area contributed by atoms with Crippen LogP contribution >= 0.6 is 11.6 Å². The Morgan fingerprint density at radius 1 is 0.968 bits per heavy atom. The van der Waals surface area contributed by atoms with Crippen LogP contribution in [0.1, 0.15) is 10.6 Å². The standard InChI is InChI=1S/C23H19ClN4O3/c1-30-18-12-10-15(11-13-18)22-26-21(27-28(22)17-7-5-6-16(24)14-17)23(29)25-19-8-3-4-9-20(19)31-2/h3-14H,1-2H3,(H,25,29). The molecule has 8 heteroatoms. The minimum absolute atomic E-state index is 0.0108. The minimum atomic E-state index is -0.458. The van der Waals surface area contributed by atoms with E-state index in [2.05, 4.69) is 15.4 Å². The first kappa shape index (κ1) is 20.4. The molecule has 0 radical (unpaired) electrons. The summed E-state index contributed by atoms with van der Waals surface area (Å²) in [5.74, 6) is 1.30. The number of anilines is 1. The predicted molar refractivity (Wildman–Crippen MR) is 119 cm³/mol. The van der Waals surface area contributed by atoms with Gasteiger partial charge in [0.1, 0.15) is 11.5 Å². The Morgan fingerprint density at radius 3 is 2.45 bits per heavy atom. The molecule has 0 fully saturated rings. The maximum Gasteiger partial charge on any atom is 0.295 e. The Kier molecular flexibility index (Phi) is 5.86. The summed E-state index contributed by atoms with van der Waals surface area (Å²) in [6, 6.07) is 21.7. The molecule has 0 saturated carbocycles. The number of ether oxygens (including phenoxy) is 2. The van der Waals surface area contributed by atoms with Gasteiger partial charge in [-0.15, -0.1) is 5.10 Å². The third-order valence-electron chi connectivity index (χ3n) is 4.57. The van der Waals surface area contributed by atoms with E-state index in [1.54, 1.807) is 49.2 Å². The number of para-hydroxylation sites is 2. The average Bonchev–Trinajstić information content (AvgIpc) is 3.25. The Hall–Kier alpha value is -3.84. The summed E-state index contributed by atoms with van der Waals surface area (Å²) < 4.78 is 12.1. The van der Waals surface area contributed by atoms with Gasteiger partial charge in [-0.3, -0.25) is 4.79 Å². The first-order valence-corrected chi connectivity index (χ1v) is 9.78. The first-order valence-electron chi connectivity index (χ1n) is 9.41. The average molecular weight is 435 g/mol. The lowest BCUT2D eigenvalue weighted by atomic mass is 10.2. The molecule has 0 spiro atoms. The Morgan fingerprint density at radius 2 is 1.74 bits per heavy atom. The van der Waals surface area contributed by atoms with Crippen LogP contribution < -0.4 is 14.8 Å². The molecule has 1 aromatic heterocycles. The van der Waals surface area contributed by atoms with Gasteiger partial charge in [-0.25, -0.2) is 9.67 Å². The van der Waals surface area contributed by atoms with Gasteiger partial charge in [0.15, 0.2) is 5.82 Å². The predicted octanol–water partition coefficient (Wildman–Crippen LogP) is 4.86.